The van der Waals surface area contributed by atoms with Gasteiger partial charge in [-0.15, -0.1) is 11.8 Å². The Morgan fingerprint density at radius 1 is 1.36 bits per heavy atom. The van der Waals surface area contributed by atoms with Crippen molar-refractivity contribution in [3.05, 3.63) is 55.8 Å². The molecule has 11 nitrogen and oxygen atoms in total. The summed E-state index contributed by atoms with van der Waals surface area (Å²) in [6.07, 6.45) is 8.02. The molecule has 190 valence electrons. The van der Waals surface area contributed by atoms with Crippen molar-refractivity contribution in [1.29, 1.82) is 0 Å². The summed E-state index contributed by atoms with van der Waals surface area (Å²) in [5.74, 6) is -0.297. The van der Waals surface area contributed by atoms with Crippen LogP contribution in [0.4, 0.5) is 0 Å². The highest BCUT2D eigenvalue weighted by molar-refractivity contribution is 8.04. The number of imidazole rings is 1. The molecule has 4 N–H and O–H groups in total. The van der Waals surface area contributed by atoms with E-state index in [2.05, 4.69) is 39.1 Å². The highest BCUT2D eigenvalue weighted by Gasteiger charge is 2.27. The van der Waals surface area contributed by atoms with Crippen molar-refractivity contribution in [3.63, 3.8) is 0 Å². The van der Waals surface area contributed by atoms with Crippen LogP contribution in [0.3, 0.4) is 0 Å². The van der Waals surface area contributed by atoms with Crippen molar-refractivity contribution in [1.82, 2.24) is 34.8 Å². The van der Waals surface area contributed by atoms with Crippen molar-refractivity contribution in [3.8, 4) is 5.88 Å². The second kappa shape index (κ2) is 10.3. The molecular weight excluding hydrogens is 480 g/mol. The lowest BCUT2D eigenvalue weighted by Gasteiger charge is -2.18. The largest absolute Gasteiger partial charge is 0.493 e. The van der Waals surface area contributed by atoms with E-state index in [0.717, 1.165) is 38.2 Å². The molecule has 0 aromatic carbocycles. The van der Waals surface area contributed by atoms with E-state index in [1.54, 1.807) is 16.8 Å². The Balaban J connectivity index is 1.41. The first-order chi connectivity index (χ1) is 17.4. The number of nitrogens with zero attached hydrogens (tertiary/aromatic N) is 5. The average molecular weight is 511 g/mol. The third-order valence-electron chi connectivity index (χ3n) is 6.35. The van der Waals surface area contributed by atoms with E-state index in [-0.39, 0.29) is 28.8 Å². The molecule has 0 saturated heterocycles. The Bertz CT molecular complexity index is 1480. The summed E-state index contributed by atoms with van der Waals surface area (Å²) in [5.41, 5.74) is 1.86. The molecule has 12 heteroatoms. The van der Waals surface area contributed by atoms with Crippen LogP contribution in [0.15, 0.2) is 33.0 Å². The first-order valence-electron chi connectivity index (χ1n) is 12.3. The van der Waals surface area contributed by atoms with Gasteiger partial charge in [0.05, 0.1) is 28.1 Å². The van der Waals surface area contributed by atoms with Gasteiger partial charge in [0.25, 0.3) is 5.91 Å². The molecule has 0 radical (unpaired) electrons. The molecule has 3 aromatic heterocycles. The SMILES string of the molecule is CCN(CC)CCNC(=O)C1=CCC(c2cc(=NC3CC3)n3ncc(=Cc4[nH]c(=O)[nH]c4O)c3n2)S1. The van der Waals surface area contributed by atoms with Crippen LogP contribution in [0, 0.1) is 0 Å². The maximum absolute atomic E-state index is 12.7. The zero-order valence-electron chi connectivity index (χ0n) is 20.3. The van der Waals surface area contributed by atoms with Crippen LogP contribution in [0.25, 0.3) is 11.7 Å². The third kappa shape index (κ3) is 5.24. The van der Waals surface area contributed by atoms with Crippen molar-refractivity contribution in [2.24, 2.45) is 4.99 Å². The van der Waals surface area contributed by atoms with Crippen LogP contribution >= 0.6 is 11.8 Å². The first kappa shape index (κ1) is 24.3. The number of amides is 1. The molecule has 1 atom stereocenters. The van der Waals surface area contributed by atoms with E-state index in [4.69, 9.17) is 9.98 Å². The number of hydrogen-bond acceptors (Lipinski definition) is 8. The van der Waals surface area contributed by atoms with Gasteiger partial charge in [0, 0.05) is 24.4 Å². The van der Waals surface area contributed by atoms with Gasteiger partial charge in [0.15, 0.2) is 11.1 Å². The Morgan fingerprint density at radius 3 is 2.86 bits per heavy atom. The molecule has 0 spiro atoms. The van der Waals surface area contributed by atoms with Crippen molar-refractivity contribution >= 4 is 29.4 Å². The van der Waals surface area contributed by atoms with Gasteiger partial charge in [-0.2, -0.15) is 9.61 Å². The number of thioether (sulfide) groups is 1. The van der Waals surface area contributed by atoms with Crippen LogP contribution in [-0.4, -0.2) is 72.7 Å². The van der Waals surface area contributed by atoms with Crippen molar-refractivity contribution in [2.75, 3.05) is 26.2 Å². The summed E-state index contributed by atoms with van der Waals surface area (Å²) < 4.78 is 1.68. The number of rotatable bonds is 9. The summed E-state index contributed by atoms with van der Waals surface area (Å²) in [7, 11) is 0. The zero-order chi connectivity index (χ0) is 25.2. The van der Waals surface area contributed by atoms with Gasteiger partial charge in [-0.05, 0) is 38.4 Å². The van der Waals surface area contributed by atoms with Crippen LogP contribution in [0.2, 0.25) is 0 Å². The van der Waals surface area contributed by atoms with E-state index in [1.165, 1.54) is 11.8 Å². The van der Waals surface area contributed by atoms with E-state index in [0.29, 0.717) is 34.2 Å². The van der Waals surface area contributed by atoms with Crippen molar-refractivity contribution in [2.45, 2.75) is 44.4 Å². The monoisotopic (exact) mass is 510 g/mol. The fourth-order valence-corrected chi connectivity index (χ4v) is 5.24. The number of fused-ring (bicyclic) bond motifs is 1. The summed E-state index contributed by atoms with van der Waals surface area (Å²) >= 11 is 1.51. The average Bonchev–Trinajstić information content (AvgIpc) is 3.25. The fourth-order valence-electron chi connectivity index (χ4n) is 4.12. The summed E-state index contributed by atoms with van der Waals surface area (Å²) in [6, 6.07) is 2.23. The Hall–Kier alpha value is -3.38. The Kier molecular flexibility index (Phi) is 6.97. The number of hydrogen-bond donors (Lipinski definition) is 4. The second-order valence-corrected chi connectivity index (χ2v) is 10.2. The van der Waals surface area contributed by atoms with E-state index in [1.807, 2.05) is 12.1 Å². The smallest absolute Gasteiger partial charge is 0.326 e. The van der Waals surface area contributed by atoms with Gasteiger partial charge in [-0.1, -0.05) is 19.9 Å². The number of carbonyl (C=O) groups is 1. The summed E-state index contributed by atoms with van der Waals surface area (Å²) in [6.45, 7) is 7.59. The van der Waals surface area contributed by atoms with Crippen LogP contribution < -0.4 is 21.7 Å². The maximum atomic E-state index is 12.7. The fraction of sp³-hybridized carbons (Fsp3) is 0.458. The number of H-pyrrole nitrogens is 2. The van der Waals surface area contributed by atoms with E-state index < -0.39 is 5.69 Å². The molecule has 0 bridgehead atoms. The molecule has 1 unspecified atom stereocenters. The van der Waals surface area contributed by atoms with Gasteiger partial charge in [-0.25, -0.2) is 9.78 Å². The van der Waals surface area contributed by atoms with Gasteiger partial charge >= 0.3 is 5.69 Å². The number of allylic oxidation sites excluding steroid dienone is 1. The molecule has 1 fully saturated rings. The minimum atomic E-state index is -0.496. The number of carbonyl (C=O) groups excluding carboxylic acids is 1. The standard InChI is InChI=1S/C24H30N8O3S/c1-3-31(4-2)10-9-25-23(34)19-8-7-18(36-19)16-12-20(27-15-5-6-15)32-21(28-16)14(13-26-32)11-17-22(33)30-24(35)29-17/h8,11-13,15,18,33H,3-7,9-10H2,1-2H3,(H,25,34)(H2,29,30,35). The zero-order valence-corrected chi connectivity index (χ0v) is 21.1. The predicted molar refractivity (Wildman–Crippen MR) is 137 cm³/mol. The lowest BCUT2D eigenvalue weighted by Crippen LogP contribution is -2.34. The Labute approximate surface area is 211 Å². The summed E-state index contributed by atoms with van der Waals surface area (Å²) in [5, 5.41) is 18.1. The quantitative estimate of drug-likeness (QED) is 0.330. The lowest BCUT2D eigenvalue weighted by molar-refractivity contribution is -0.116. The minimum Gasteiger partial charge on any atom is -0.493 e. The molecule has 2 aliphatic rings. The van der Waals surface area contributed by atoms with Crippen molar-refractivity contribution < 1.29 is 9.90 Å². The summed E-state index contributed by atoms with van der Waals surface area (Å²) in [4.78, 5) is 41.8. The highest BCUT2D eigenvalue weighted by Crippen LogP contribution is 2.42. The first-order valence-corrected chi connectivity index (χ1v) is 13.2. The lowest BCUT2D eigenvalue weighted by atomic mass is 10.2. The number of aromatic hydroxyl groups is 1. The predicted octanol–water partition coefficient (Wildman–Crippen LogP) is 0.582. The molecule has 36 heavy (non-hydrogen) atoms. The molecule has 5 rings (SSSR count). The molecule has 1 amide bonds. The van der Waals surface area contributed by atoms with E-state index in [9.17, 15) is 14.7 Å². The third-order valence-corrected chi connectivity index (χ3v) is 7.67. The molecule has 4 heterocycles. The number of nitrogens with one attached hydrogen (secondary N) is 3. The molecule has 1 aliphatic heterocycles. The Morgan fingerprint density at radius 2 is 2.17 bits per heavy atom. The topological polar surface area (TPSA) is 144 Å². The highest BCUT2D eigenvalue weighted by atomic mass is 32.2. The maximum Gasteiger partial charge on any atom is 0.326 e. The van der Waals surface area contributed by atoms with Crippen LogP contribution in [-0.2, 0) is 4.79 Å². The van der Waals surface area contributed by atoms with E-state index >= 15 is 0 Å². The number of likely N-dealkylation sites (N-methyl/N-ethyl adjacent to an activating group) is 1. The van der Waals surface area contributed by atoms with Gasteiger partial charge in [-0.3, -0.25) is 14.8 Å². The van der Waals surface area contributed by atoms with Gasteiger partial charge in [0.2, 0.25) is 5.88 Å². The number of aromatic amines is 2. The number of aromatic nitrogens is 5. The minimum absolute atomic E-state index is 0.0186. The molecular formula is C24H30N8O3S. The van der Waals surface area contributed by atoms with Gasteiger partial charge in [0.1, 0.15) is 5.69 Å². The molecule has 1 saturated carbocycles. The second-order valence-electron chi connectivity index (χ2n) is 8.91. The molecule has 3 aromatic rings. The molecule has 1 aliphatic carbocycles. The van der Waals surface area contributed by atoms with Crippen LogP contribution in [0.1, 0.15) is 49.7 Å². The van der Waals surface area contributed by atoms with Crippen LogP contribution in [0.5, 0.6) is 5.88 Å². The normalized spacial score (nSPS) is 19.0. The van der Waals surface area contributed by atoms with Gasteiger partial charge < -0.3 is 20.3 Å².